The first-order valence-electron chi connectivity index (χ1n) is 2.45. The van der Waals surface area contributed by atoms with E-state index in [1.54, 1.807) is 12.1 Å². The number of phenolic OH excluding ortho intramolecular Hbond substituents is 1. The maximum absolute atomic E-state index is 9.16. The lowest BCUT2D eigenvalue weighted by atomic mass is 10.3. The van der Waals surface area contributed by atoms with Crippen LogP contribution in [-0.4, -0.2) is 5.11 Å². The number of benzene rings is 1. The smallest absolute Gasteiger partial charge is 0.148 e. The minimum Gasteiger partial charge on any atom is -0.505 e. The molecule has 54 valence electrons. The molecule has 1 nitrogen and oxygen atoms in total. The molecule has 1 aromatic carbocycles. The van der Waals surface area contributed by atoms with E-state index in [1.807, 2.05) is 22.6 Å². The van der Waals surface area contributed by atoms with Gasteiger partial charge in [-0.3, -0.25) is 0 Å². The summed E-state index contributed by atoms with van der Waals surface area (Å²) in [7, 11) is 0. The number of hydrogen-bond acceptors (Lipinski definition) is 1. The van der Waals surface area contributed by atoms with E-state index in [2.05, 4.69) is 0 Å². The quantitative estimate of drug-likeness (QED) is 0.574. The van der Waals surface area contributed by atoms with Crippen LogP contribution in [0.25, 0.3) is 0 Å². The molecule has 0 bridgehead atoms. The van der Waals surface area contributed by atoms with Crippen molar-refractivity contribution in [2.24, 2.45) is 0 Å². The Bertz CT molecular complexity index is 235. The predicted octanol–water partition coefficient (Wildman–Crippen LogP) is 3.30. The second-order valence-electron chi connectivity index (χ2n) is 1.69. The molecular weight excluding hydrogens is 286 g/mol. The lowest BCUT2D eigenvalue weighted by molar-refractivity contribution is 0.472. The number of aromatic hydroxyl groups is 1. The molecule has 4 heteroatoms. The number of hydrogen-bond donors (Lipinski definition) is 1. The van der Waals surface area contributed by atoms with Gasteiger partial charge in [-0.2, -0.15) is 0 Å². The van der Waals surface area contributed by atoms with Gasteiger partial charge in [-0.1, -0.05) is 23.2 Å². The van der Waals surface area contributed by atoms with Crippen LogP contribution in [0.3, 0.4) is 0 Å². The van der Waals surface area contributed by atoms with Crippen LogP contribution in [0.4, 0.5) is 0 Å². The van der Waals surface area contributed by atoms with Crippen LogP contribution < -0.4 is 0 Å². The highest BCUT2D eigenvalue weighted by Crippen LogP contribution is 2.33. The van der Waals surface area contributed by atoms with Gasteiger partial charge in [-0.25, -0.2) is 0 Å². The minimum absolute atomic E-state index is 0.0507. The topological polar surface area (TPSA) is 20.2 Å². The van der Waals surface area contributed by atoms with E-state index in [0.717, 1.165) is 0 Å². The number of halogens is 3. The maximum Gasteiger partial charge on any atom is 0.148 e. The first-order chi connectivity index (χ1) is 4.63. The van der Waals surface area contributed by atoms with Crippen LogP contribution >= 0.6 is 45.8 Å². The number of phenols is 1. The van der Waals surface area contributed by atoms with Gasteiger partial charge in [-0.05, 0) is 34.7 Å². The Morgan fingerprint density at radius 1 is 1.20 bits per heavy atom. The van der Waals surface area contributed by atoms with Gasteiger partial charge in [0, 0.05) is 0 Å². The fourth-order valence-corrected chi connectivity index (χ4v) is 1.46. The Hall–Kier alpha value is 0.330. The summed E-state index contributed by atoms with van der Waals surface area (Å²) in [5, 5.41) is 10.0. The van der Waals surface area contributed by atoms with Crippen LogP contribution in [0, 0.1) is 3.57 Å². The molecule has 0 aliphatic carbocycles. The summed E-state index contributed by atoms with van der Waals surface area (Å²) in [6, 6.07) is 3.20. The molecule has 1 aromatic rings. The van der Waals surface area contributed by atoms with Crippen LogP contribution in [-0.2, 0) is 0 Å². The molecule has 0 spiro atoms. The van der Waals surface area contributed by atoms with Gasteiger partial charge in [-0.15, -0.1) is 0 Å². The Labute approximate surface area is 82.1 Å². The molecule has 0 fully saturated rings. The van der Waals surface area contributed by atoms with Crippen molar-refractivity contribution in [1.82, 2.24) is 0 Å². The molecule has 1 N–H and O–H groups in total. The van der Waals surface area contributed by atoms with Crippen LogP contribution in [0.5, 0.6) is 5.75 Å². The summed E-state index contributed by atoms with van der Waals surface area (Å²) in [5.41, 5.74) is 0. The molecule has 0 saturated carbocycles. The Morgan fingerprint density at radius 3 is 2.20 bits per heavy atom. The zero-order chi connectivity index (χ0) is 7.72. The highest BCUT2D eigenvalue weighted by Gasteiger charge is 2.05. The molecule has 1 rings (SSSR count). The third-order valence-corrected chi connectivity index (χ3v) is 3.05. The van der Waals surface area contributed by atoms with Crippen LogP contribution in [0.1, 0.15) is 0 Å². The maximum atomic E-state index is 9.16. The fraction of sp³-hybridized carbons (Fsp3) is 0. The molecule has 10 heavy (non-hydrogen) atoms. The molecule has 0 aromatic heterocycles. The van der Waals surface area contributed by atoms with Gasteiger partial charge >= 0.3 is 0 Å². The van der Waals surface area contributed by atoms with Crippen molar-refractivity contribution in [3.63, 3.8) is 0 Å². The highest BCUT2D eigenvalue weighted by molar-refractivity contribution is 14.1. The predicted molar refractivity (Wildman–Crippen MR) is 50.8 cm³/mol. The SMILES string of the molecule is Oc1c(Cl)ccc(Cl)c1I. The molecule has 0 aliphatic heterocycles. The van der Waals surface area contributed by atoms with E-state index in [1.165, 1.54) is 0 Å². The zero-order valence-electron chi connectivity index (χ0n) is 4.74. The van der Waals surface area contributed by atoms with Crippen molar-refractivity contribution in [1.29, 1.82) is 0 Å². The average molecular weight is 289 g/mol. The van der Waals surface area contributed by atoms with Crippen molar-refractivity contribution in [2.75, 3.05) is 0 Å². The lowest BCUT2D eigenvalue weighted by Crippen LogP contribution is -1.76. The van der Waals surface area contributed by atoms with Crippen molar-refractivity contribution < 1.29 is 5.11 Å². The standard InChI is InChI=1S/C6H3Cl2IO/c7-3-1-2-4(8)6(10)5(3)9/h1-2,10H. The van der Waals surface area contributed by atoms with Crippen LogP contribution in [0.2, 0.25) is 10.0 Å². The van der Waals surface area contributed by atoms with Crippen molar-refractivity contribution in [3.8, 4) is 5.75 Å². The average Bonchev–Trinajstić information content (AvgIpc) is 1.93. The summed E-state index contributed by atoms with van der Waals surface area (Å²) < 4.78 is 0.590. The molecule has 0 amide bonds. The largest absolute Gasteiger partial charge is 0.505 e. The van der Waals surface area contributed by atoms with Crippen molar-refractivity contribution >= 4 is 45.8 Å². The lowest BCUT2D eigenvalue weighted by Gasteiger charge is -1.99. The normalized spacial score (nSPS) is 9.90. The second kappa shape index (κ2) is 3.15. The van der Waals surface area contributed by atoms with Gasteiger partial charge in [0.1, 0.15) is 5.75 Å². The van der Waals surface area contributed by atoms with E-state index < -0.39 is 0 Å². The van der Waals surface area contributed by atoms with Crippen LogP contribution in [0.15, 0.2) is 12.1 Å². The molecule has 0 unspecified atom stereocenters. The monoisotopic (exact) mass is 288 g/mol. The van der Waals surface area contributed by atoms with Gasteiger partial charge in [0.05, 0.1) is 13.6 Å². The summed E-state index contributed by atoms with van der Waals surface area (Å²) in [6.07, 6.45) is 0. The van der Waals surface area contributed by atoms with Gasteiger partial charge in [0.15, 0.2) is 0 Å². The molecule has 0 saturated heterocycles. The molecule has 0 atom stereocenters. The van der Waals surface area contributed by atoms with E-state index in [0.29, 0.717) is 13.6 Å². The van der Waals surface area contributed by atoms with Crippen molar-refractivity contribution in [2.45, 2.75) is 0 Å². The summed E-state index contributed by atoms with van der Waals surface area (Å²) in [4.78, 5) is 0. The first-order valence-corrected chi connectivity index (χ1v) is 4.29. The third kappa shape index (κ3) is 1.49. The van der Waals surface area contributed by atoms with E-state index in [4.69, 9.17) is 28.3 Å². The Kier molecular flexibility index (Phi) is 2.66. The minimum atomic E-state index is 0.0507. The van der Waals surface area contributed by atoms with E-state index >= 15 is 0 Å². The third-order valence-electron chi connectivity index (χ3n) is 1.02. The Morgan fingerprint density at radius 2 is 1.70 bits per heavy atom. The molecular formula is C6H3Cl2IO. The zero-order valence-corrected chi connectivity index (χ0v) is 8.41. The van der Waals surface area contributed by atoms with E-state index in [9.17, 15) is 0 Å². The van der Waals surface area contributed by atoms with Crippen molar-refractivity contribution in [3.05, 3.63) is 25.7 Å². The molecule has 0 radical (unpaired) electrons. The Balaban J connectivity index is 3.34. The second-order valence-corrected chi connectivity index (χ2v) is 3.58. The molecule has 0 aliphatic rings. The summed E-state index contributed by atoms with van der Waals surface area (Å²) >= 11 is 13.2. The van der Waals surface area contributed by atoms with Gasteiger partial charge in [0.25, 0.3) is 0 Å². The fourth-order valence-electron chi connectivity index (χ4n) is 0.516. The number of rotatable bonds is 0. The van der Waals surface area contributed by atoms with Gasteiger partial charge in [0.2, 0.25) is 0 Å². The first kappa shape index (κ1) is 8.43. The highest BCUT2D eigenvalue weighted by atomic mass is 127. The molecule has 0 heterocycles. The van der Waals surface area contributed by atoms with Gasteiger partial charge < -0.3 is 5.11 Å². The summed E-state index contributed by atoms with van der Waals surface area (Å²) in [6.45, 7) is 0. The summed E-state index contributed by atoms with van der Waals surface area (Å²) in [5.74, 6) is 0.0507. The van der Waals surface area contributed by atoms with E-state index in [-0.39, 0.29) is 5.75 Å².